The van der Waals surface area contributed by atoms with E-state index < -0.39 is 0 Å². The largest absolute Gasteiger partial charge is 0.496 e. The number of allylic oxidation sites excluding steroid dienone is 2. The van der Waals surface area contributed by atoms with Gasteiger partial charge in [-0.1, -0.05) is 12.2 Å². The SMILES string of the molecule is C/C=C/Cc1c(OC)cc(OC)cc1OC. The number of methoxy groups -OCH3 is 3. The van der Waals surface area contributed by atoms with Crippen LogP contribution in [0.3, 0.4) is 0 Å². The van der Waals surface area contributed by atoms with E-state index in [1.807, 2.05) is 25.1 Å². The summed E-state index contributed by atoms with van der Waals surface area (Å²) >= 11 is 0. The summed E-state index contributed by atoms with van der Waals surface area (Å²) in [5.41, 5.74) is 1.03. The van der Waals surface area contributed by atoms with Crippen LogP contribution < -0.4 is 14.2 Å². The molecule has 0 atom stereocenters. The summed E-state index contributed by atoms with van der Waals surface area (Å²) in [6.45, 7) is 1.99. The van der Waals surface area contributed by atoms with Gasteiger partial charge in [0.05, 0.1) is 21.3 Å². The number of ether oxygens (including phenoxy) is 3. The maximum Gasteiger partial charge on any atom is 0.129 e. The molecule has 0 aliphatic carbocycles. The van der Waals surface area contributed by atoms with Gasteiger partial charge in [0.1, 0.15) is 17.2 Å². The van der Waals surface area contributed by atoms with E-state index in [9.17, 15) is 0 Å². The van der Waals surface area contributed by atoms with Gasteiger partial charge in [-0.2, -0.15) is 0 Å². The van der Waals surface area contributed by atoms with Crippen LogP contribution in [0.1, 0.15) is 12.5 Å². The molecule has 1 aromatic rings. The molecule has 3 heteroatoms. The minimum absolute atomic E-state index is 0.734. The first-order chi connectivity index (χ1) is 7.76. The molecule has 0 radical (unpaired) electrons. The van der Waals surface area contributed by atoms with Gasteiger partial charge in [0.25, 0.3) is 0 Å². The highest BCUT2D eigenvalue weighted by Gasteiger charge is 2.11. The van der Waals surface area contributed by atoms with Crippen LogP contribution in [0, 0.1) is 0 Å². The molecule has 0 heterocycles. The van der Waals surface area contributed by atoms with E-state index in [0.717, 1.165) is 29.2 Å². The maximum absolute atomic E-state index is 5.33. The van der Waals surface area contributed by atoms with Gasteiger partial charge in [-0.05, 0) is 13.3 Å². The maximum atomic E-state index is 5.33. The van der Waals surface area contributed by atoms with E-state index in [2.05, 4.69) is 6.08 Å². The number of hydrogen-bond donors (Lipinski definition) is 0. The first-order valence-electron chi connectivity index (χ1n) is 5.16. The molecule has 1 rings (SSSR count). The van der Waals surface area contributed by atoms with Gasteiger partial charge >= 0.3 is 0 Å². The molecule has 0 aromatic heterocycles. The van der Waals surface area contributed by atoms with Crippen molar-refractivity contribution in [3.8, 4) is 17.2 Å². The Labute approximate surface area is 96.6 Å². The van der Waals surface area contributed by atoms with Gasteiger partial charge in [0.2, 0.25) is 0 Å². The zero-order valence-corrected chi connectivity index (χ0v) is 10.2. The van der Waals surface area contributed by atoms with Crippen LogP contribution in [-0.4, -0.2) is 21.3 Å². The summed E-state index contributed by atoms with van der Waals surface area (Å²) in [5, 5.41) is 0. The Bertz CT molecular complexity index is 344. The van der Waals surface area contributed by atoms with E-state index in [-0.39, 0.29) is 0 Å². The minimum Gasteiger partial charge on any atom is -0.496 e. The molecule has 0 saturated carbocycles. The van der Waals surface area contributed by atoms with E-state index in [1.165, 1.54) is 0 Å². The molecule has 0 aliphatic rings. The van der Waals surface area contributed by atoms with Gasteiger partial charge < -0.3 is 14.2 Å². The van der Waals surface area contributed by atoms with E-state index in [1.54, 1.807) is 21.3 Å². The molecule has 0 aliphatic heterocycles. The Morgan fingerprint density at radius 1 is 1.00 bits per heavy atom. The molecular weight excluding hydrogens is 204 g/mol. The lowest BCUT2D eigenvalue weighted by Crippen LogP contribution is -1.97. The van der Waals surface area contributed by atoms with Crippen molar-refractivity contribution >= 4 is 0 Å². The first-order valence-corrected chi connectivity index (χ1v) is 5.16. The zero-order valence-electron chi connectivity index (χ0n) is 10.2. The van der Waals surface area contributed by atoms with E-state index >= 15 is 0 Å². The average molecular weight is 222 g/mol. The van der Waals surface area contributed by atoms with Crippen molar-refractivity contribution in [3.05, 3.63) is 29.8 Å². The highest BCUT2D eigenvalue weighted by molar-refractivity contribution is 5.51. The van der Waals surface area contributed by atoms with Gasteiger partial charge in [-0.3, -0.25) is 0 Å². The third-order valence-electron chi connectivity index (χ3n) is 2.37. The second-order valence-electron chi connectivity index (χ2n) is 3.28. The molecule has 16 heavy (non-hydrogen) atoms. The fourth-order valence-corrected chi connectivity index (χ4v) is 1.51. The van der Waals surface area contributed by atoms with Crippen LogP contribution in [0.15, 0.2) is 24.3 Å². The lowest BCUT2D eigenvalue weighted by Gasteiger charge is -2.13. The summed E-state index contributed by atoms with van der Waals surface area (Å²) in [7, 11) is 4.92. The summed E-state index contributed by atoms with van der Waals surface area (Å²) in [6.07, 6.45) is 4.85. The number of benzene rings is 1. The van der Waals surface area contributed by atoms with Gasteiger partial charge in [0, 0.05) is 17.7 Å². The minimum atomic E-state index is 0.734. The van der Waals surface area contributed by atoms with Crippen LogP contribution in [-0.2, 0) is 6.42 Å². The molecule has 1 aromatic carbocycles. The molecule has 0 N–H and O–H groups in total. The van der Waals surface area contributed by atoms with Crippen LogP contribution in [0.2, 0.25) is 0 Å². The van der Waals surface area contributed by atoms with Gasteiger partial charge in [0.15, 0.2) is 0 Å². The molecule has 0 unspecified atom stereocenters. The Morgan fingerprint density at radius 2 is 1.56 bits per heavy atom. The molecule has 88 valence electrons. The second-order valence-corrected chi connectivity index (χ2v) is 3.28. The van der Waals surface area contributed by atoms with Crippen molar-refractivity contribution in [3.63, 3.8) is 0 Å². The lowest BCUT2D eigenvalue weighted by molar-refractivity contribution is 0.370. The number of rotatable bonds is 5. The molecule has 0 saturated heterocycles. The van der Waals surface area contributed by atoms with Crippen molar-refractivity contribution in [1.29, 1.82) is 0 Å². The van der Waals surface area contributed by atoms with Crippen molar-refractivity contribution in [2.75, 3.05) is 21.3 Å². The highest BCUT2D eigenvalue weighted by atomic mass is 16.5. The molecule has 0 bridgehead atoms. The fourth-order valence-electron chi connectivity index (χ4n) is 1.51. The highest BCUT2D eigenvalue weighted by Crippen LogP contribution is 2.34. The van der Waals surface area contributed by atoms with Crippen LogP contribution >= 0.6 is 0 Å². The summed E-state index contributed by atoms with van der Waals surface area (Å²) in [6, 6.07) is 3.72. The predicted molar refractivity (Wildman–Crippen MR) is 64.6 cm³/mol. The molecule has 0 amide bonds. The summed E-state index contributed by atoms with van der Waals surface area (Å²) in [4.78, 5) is 0. The molecule has 3 nitrogen and oxygen atoms in total. The third-order valence-corrected chi connectivity index (χ3v) is 2.37. The molecule has 0 spiro atoms. The Hall–Kier alpha value is -1.64. The van der Waals surface area contributed by atoms with Gasteiger partial charge in [-0.15, -0.1) is 0 Å². The molecule has 0 fully saturated rings. The first kappa shape index (κ1) is 12.4. The Kier molecular flexibility index (Phi) is 4.70. The summed E-state index contributed by atoms with van der Waals surface area (Å²) in [5.74, 6) is 2.31. The lowest BCUT2D eigenvalue weighted by atomic mass is 10.1. The standard InChI is InChI=1S/C13H18O3/c1-5-6-7-11-12(15-3)8-10(14-2)9-13(11)16-4/h5-6,8-9H,7H2,1-4H3/b6-5+. The van der Waals surface area contributed by atoms with Crippen molar-refractivity contribution < 1.29 is 14.2 Å². The topological polar surface area (TPSA) is 27.7 Å². The Balaban J connectivity index is 3.19. The quantitative estimate of drug-likeness (QED) is 0.717. The van der Waals surface area contributed by atoms with Crippen molar-refractivity contribution in [1.82, 2.24) is 0 Å². The van der Waals surface area contributed by atoms with E-state index in [4.69, 9.17) is 14.2 Å². The van der Waals surface area contributed by atoms with Gasteiger partial charge in [-0.25, -0.2) is 0 Å². The predicted octanol–water partition coefficient (Wildman–Crippen LogP) is 2.83. The Morgan fingerprint density at radius 3 is 1.94 bits per heavy atom. The monoisotopic (exact) mass is 222 g/mol. The second kappa shape index (κ2) is 6.05. The smallest absolute Gasteiger partial charge is 0.129 e. The number of hydrogen-bond acceptors (Lipinski definition) is 3. The van der Waals surface area contributed by atoms with E-state index in [0.29, 0.717) is 0 Å². The average Bonchev–Trinajstić information content (AvgIpc) is 2.35. The third kappa shape index (κ3) is 2.69. The molecular formula is C13H18O3. The van der Waals surface area contributed by atoms with Crippen LogP contribution in [0.4, 0.5) is 0 Å². The van der Waals surface area contributed by atoms with Crippen molar-refractivity contribution in [2.24, 2.45) is 0 Å². The van der Waals surface area contributed by atoms with Crippen molar-refractivity contribution in [2.45, 2.75) is 13.3 Å². The fraction of sp³-hybridized carbons (Fsp3) is 0.385. The normalized spacial score (nSPS) is 10.5. The zero-order chi connectivity index (χ0) is 12.0. The van der Waals surface area contributed by atoms with Crippen LogP contribution in [0.25, 0.3) is 0 Å². The summed E-state index contributed by atoms with van der Waals surface area (Å²) < 4.78 is 15.8. The van der Waals surface area contributed by atoms with Crippen LogP contribution in [0.5, 0.6) is 17.2 Å².